The van der Waals surface area contributed by atoms with Gasteiger partial charge in [-0.1, -0.05) is 28.1 Å². The van der Waals surface area contributed by atoms with Gasteiger partial charge in [-0.2, -0.15) is 0 Å². The van der Waals surface area contributed by atoms with Gasteiger partial charge in [-0.15, -0.1) is 0 Å². The van der Waals surface area contributed by atoms with Gasteiger partial charge in [0.15, 0.2) is 10.9 Å². The van der Waals surface area contributed by atoms with E-state index in [1.54, 1.807) is 6.07 Å². The summed E-state index contributed by atoms with van der Waals surface area (Å²) in [7, 11) is 0. The van der Waals surface area contributed by atoms with Crippen molar-refractivity contribution in [3.05, 3.63) is 46.6 Å². The number of carbonyl (C=O) groups excluding carboxylic acids is 1. The minimum atomic E-state index is -0.300. The van der Waals surface area contributed by atoms with E-state index in [9.17, 15) is 4.79 Å². The van der Waals surface area contributed by atoms with Gasteiger partial charge in [0.1, 0.15) is 5.76 Å². The number of benzene rings is 1. The molecule has 4 fully saturated rings. The van der Waals surface area contributed by atoms with Gasteiger partial charge in [-0.25, -0.2) is 0 Å². The van der Waals surface area contributed by atoms with Gasteiger partial charge >= 0.3 is 0 Å². The average Bonchev–Trinajstić information content (AvgIpc) is 3.10. The maximum Gasteiger partial charge on any atom is 0.293 e. The Morgan fingerprint density at radius 2 is 1.61 bits per heavy atom. The van der Waals surface area contributed by atoms with Crippen LogP contribution in [0.15, 0.2) is 45.3 Å². The molecule has 4 aliphatic carbocycles. The summed E-state index contributed by atoms with van der Waals surface area (Å²) in [6, 6.07) is 11.3. The van der Waals surface area contributed by atoms with Crippen molar-refractivity contribution in [2.45, 2.75) is 44.1 Å². The summed E-state index contributed by atoms with van der Waals surface area (Å²) in [6.07, 6.45) is 7.69. The minimum Gasteiger partial charge on any atom is -0.451 e. The molecule has 0 radical (unpaired) electrons. The van der Waals surface area contributed by atoms with Crippen molar-refractivity contribution in [2.24, 2.45) is 17.8 Å². The van der Waals surface area contributed by atoms with Crippen molar-refractivity contribution in [3.8, 4) is 11.3 Å². The van der Waals surface area contributed by atoms with Gasteiger partial charge in [0.05, 0.1) is 0 Å². The van der Waals surface area contributed by atoms with E-state index in [4.69, 9.17) is 16.6 Å². The molecule has 2 N–H and O–H groups in total. The molecule has 0 atom stereocenters. The van der Waals surface area contributed by atoms with Crippen LogP contribution in [-0.2, 0) is 0 Å². The van der Waals surface area contributed by atoms with Crippen LogP contribution in [0.25, 0.3) is 11.3 Å². The first kappa shape index (κ1) is 18.4. The quantitative estimate of drug-likeness (QED) is 0.614. The molecule has 4 bridgehead atoms. The first-order valence-corrected chi connectivity index (χ1v) is 11.2. The van der Waals surface area contributed by atoms with E-state index in [1.165, 1.54) is 38.5 Å². The van der Waals surface area contributed by atoms with Crippen LogP contribution in [0.4, 0.5) is 0 Å². The molecule has 4 nitrogen and oxygen atoms in total. The average molecular weight is 459 g/mol. The van der Waals surface area contributed by atoms with E-state index >= 15 is 0 Å². The van der Waals surface area contributed by atoms with Gasteiger partial charge in [0.2, 0.25) is 0 Å². The maximum atomic E-state index is 12.6. The molecule has 6 rings (SSSR count). The molecule has 1 aromatic heterocycles. The van der Waals surface area contributed by atoms with E-state index in [0.717, 1.165) is 27.8 Å². The SMILES string of the molecule is O=C(NC(=S)NC12CC3CC(CC(C3)C1)C2)c1ccc(-c2ccc(Br)cc2)o1. The van der Waals surface area contributed by atoms with Crippen molar-refractivity contribution >= 4 is 39.2 Å². The lowest BCUT2D eigenvalue weighted by Crippen LogP contribution is -2.61. The summed E-state index contributed by atoms with van der Waals surface area (Å²) in [6.45, 7) is 0. The fourth-order valence-corrected chi connectivity index (χ4v) is 6.50. The number of carbonyl (C=O) groups is 1. The Kier molecular flexibility index (Phi) is 4.59. The smallest absolute Gasteiger partial charge is 0.293 e. The third kappa shape index (κ3) is 3.52. The molecule has 0 saturated heterocycles. The van der Waals surface area contributed by atoms with Crippen LogP contribution >= 0.6 is 28.1 Å². The van der Waals surface area contributed by atoms with E-state index in [1.807, 2.05) is 30.3 Å². The van der Waals surface area contributed by atoms with E-state index in [-0.39, 0.29) is 17.2 Å². The second-order valence-electron chi connectivity index (χ2n) is 8.78. The molecule has 6 heteroatoms. The van der Waals surface area contributed by atoms with Crippen molar-refractivity contribution in [2.75, 3.05) is 0 Å². The normalized spacial score (nSPS) is 30.2. The molecule has 146 valence electrons. The zero-order valence-electron chi connectivity index (χ0n) is 15.5. The van der Waals surface area contributed by atoms with Gasteiger partial charge in [-0.05, 0) is 92.8 Å². The number of hydrogen-bond acceptors (Lipinski definition) is 3. The molecule has 4 saturated carbocycles. The van der Waals surface area contributed by atoms with Crippen molar-refractivity contribution in [1.82, 2.24) is 10.6 Å². The summed E-state index contributed by atoms with van der Waals surface area (Å²) in [5, 5.41) is 6.77. The zero-order valence-corrected chi connectivity index (χ0v) is 17.9. The second-order valence-corrected chi connectivity index (χ2v) is 10.1. The monoisotopic (exact) mass is 458 g/mol. The predicted octanol–water partition coefficient (Wildman–Crippen LogP) is 5.28. The molecule has 1 amide bonds. The number of thiocarbonyl (C=S) groups is 1. The van der Waals surface area contributed by atoms with Crippen molar-refractivity contribution in [3.63, 3.8) is 0 Å². The zero-order chi connectivity index (χ0) is 19.3. The van der Waals surface area contributed by atoms with Crippen LogP contribution in [0.1, 0.15) is 49.1 Å². The Bertz CT molecular complexity index is 886. The number of rotatable bonds is 3. The fraction of sp³-hybridized carbons (Fsp3) is 0.455. The highest BCUT2D eigenvalue weighted by atomic mass is 79.9. The summed E-state index contributed by atoms with van der Waals surface area (Å²) < 4.78 is 6.75. The molecule has 2 aromatic rings. The van der Waals surface area contributed by atoms with Gasteiger partial charge in [0.25, 0.3) is 5.91 Å². The minimum absolute atomic E-state index is 0.0882. The van der Waals surface area contributed by atoms with Crippen LogP contribution in [-0.4, -0.2) is 16.6 Å². The topological polar surface area (TPSA) is 54.3 Å². The number of halogens is 1. The number of amides is 1. The lowest BCUT2D eigenvalue weighted by Gasteiger charge is -2.57. The summed E-state index contributed by atoms with van der Waals surface area (Å²) in [5.74, 6) is 3.12. The first-order valence-electron chi connectivity index (χ1n) is 9.97. The fourth-order valence-electron chi connectivity index (χ4n) is 5.93. The van der Waals surface area contributed by atoms with E-state index < -0.39 is 0 Å². The lowest BCUT2D eigenvalue weighted by molar-refractivity contribution is -0.0101. The molecule has 1 aromatic carbocycles. The highest BCUT2D eigenvalue weighted by Crippen LogP contribution is 2.55. The number of hydrogen-bond donors (Lipinski definition) is 2. The third-order valence-electron chi connectivity index (χ3n) is 6.60. The van der Waals surface area contributed by atoms with E-state index in [2.05, 4.69) is 26.6 Å². The Morgan fingerprint density at radius 3 is 2.21 bits per heavy atom. The number of furan rings is 1. The Labute approximate surface area is 178 Å². The van der Waals surface area contributed by atoms with Gasteiger partial charge < -0.3 is 9.73 Å². The third-order valence-corrected chi connectivity index (χ3v) is 7.34. The maximum absolute atomic E-state index is 12.6. The molecule has 28 heavy (non-hydrogen) atoms. The Hall–Kier alpha value is -1.66. The molecule has 4 aliphatic rings. The highest BCUT2D eigenvalue weighted by molar-refractivity contribution is 9.10. The van der Waals surface area contributed by atoms with Crippen LogP contribution in [0.2, 0.25) is 0 Å². The van der Waals surface area contributed by atoms with Crippen molar-refractivity contribution < 1.29 is 9.21 Å². The predicted molar refractivity (Wildman–Crippen MR) is 116 cm³/mol. The second kappa shape index (κ2) is 6.99. The summed E-state index contributed by atoms with van der Waals surface area (Å²) in [5.41, 5.74) is 1.02. The van der Waals surface area contributed by atoms with Gasteiger partial charge in [0, 0.05) is 15.6 Å². The Morgan fingerprint density at radius 1 is 1.00 bits per heavy atom. The molecular weight excluding hydrogens is 436 g/mol. The molecule has 0 spiro atoms. The Balaban J connectivity index is 1.23. The molecule has 0 aliphatic heterocycles. The van der Waals surface area contributed by atoms with E-state index in [0.29, 0.717) is 10.9 Å². The van der Waals surface area contributed by atoms with Crippen molar-refractivity contribution in [1.29, 1.82) is 0 Å². The number of nitrogens with one attached hydrogen (secondary N) is 2. The van der Waals surface area contributed by atoms with Crippen LogP contribution in [0.3, 0.4) is 0 Å². The summed E-state index contributed by atoms with van der Waals surface area (Å²) >= 11 is 8.91. The standard InChI is InChI=1S/C22H23BrN2O2S/c23-17-3-1-16(2-4-17)18-5-6-19(27-18)20(26)24-21(28)25-22-10-13-7-14(11-22)9-15(8-13)12-22/h1-6,13-15H,7-12H2,(H2,24,25,26,28). The largest absolute Gasteiger partial charge is 0.451 e. The highest BCUT2D eigenvalue weighted by Gasteiger charge is 2.51. The van der Waals surface area contributed by atoms with Crippen LogP contribution in [0, 0.1) is 17.8 Å². The first-order chi connectivity index (χ1) is 13.5. The molecule has 1 heterocycles. The molecule has 0 unspecified atom stereocenters. The summed E-state index contributed by atoms with van der Waals surface area (Å²) in [4.78, 5) is 12.6. The van der Waals surface area contributed by atoms with Crippen LogP contribution < -0.4 is 10.6 Å². The van der Waals surface area contributed by atoms with Crippen LogP contribution in [0.5, 0.6) is 0 Å². The lowest BCUT2D eigenvalue weighted by atomic mass is 9.53. The van der Waals surface area contributed by atoms with Gasteiger partial charge in [-0.3, -0.25) is 10.1 Å². The molecular formula is C22H23BrN2O2S.